The van der Waals surface area contributed by atoms with Gasteiger partial charge in [0.15, 0.2) is 0 Å². The van der Waals surface area contributed by atoms with Crippen LogP contribution in [0.15, 0.2) is 22.0 Å². The Balaban J connectivity index is 1.85. The van der Waals surface area contributed by atoms with Crippen LogP contribution in [0.2, 0.25) is 0 Å². The molecule has 18 heavy (non-hydrogen) atoms. The van der Waals surface area contributed by atoms with Crippen LogP contribution in [-0.4, -0.2) is 23.7 Å². The second kappa shape index (κ2) is 6.50. The third-order valence-corrected chi connectivity index (χ3v) is 4.54. The third-order valence-electron chi connectivity index (χ3n) is 2.95. The van der Waals surface area contributed by atoms with E-state index in [1.54, 1.807) is 17.4 Å². The first-order valence-corrected chi connectivity index (χ1v) is 7.65. The van der Waals surface area contributed by atoms with Gasteiger partial charge in [0, 0.05) is 23.6 Å². The summed E-state index contributed by atoms with van der Waals surface area (Å²) < 4.78 is 1.05. The lowest BCUT2D eigenvalue weighted by atomic mass is 10.1. The molecule has 1 unspecified atom stereocenters. The van der Waals surface area contributed by atoms with E-state index in [9.17, 15) is 4.79 Å². The zero-order valence-corrected chi connectivity index (χ0v) is 12.3. The van der Waals surface area contributed by atoms with Crippen LogP contribution >= 0.6 is 27.3 Å². The fourth-order valence-corrected chi connectivity index (χ4v) is 3.20. The fourth-order valence-electron chi connectivity index (χ4n) is 1.87. The van der Waals surface area contributed by atoms with Crippen molar-refractivity contribution in [2.75, 3.05) is 6.61 Å². The molecule has 0 saturated heterocycles. The van der Waals surface area contributed by atoms with Crippen LogP contribution in [-0.2, 0) is 4.79 Å². The molecule has 2 N–H and O–H groups in total. The molecule has 1 atom stereocenters. The molecule has 1 heterocycles. The molecular formula is C13H16BrNO2S. The first kappa shape index (κ1) is 13.8. The van der Waals surface area contributed by atoms with E-state index in [0.717, 1.165) is 21.5 Å². The van der Waals surface area contributed by atoms with Crippen molar-refractivity contribution in [3.05, 3.63) is 26.9 Å². The van der Waals surface area contributed by atoms with E-state index >= 15 is 0 Å². The van der Waals surface area contributed by atoms with Crippen LogP contribution in [0.1, 0.15) is 24.1 Å². The molecule has 1 saturated carbocycles. The molecule has 1 aliphatic rings. The van der Waals surface area contributed by atoms with Crippen molar-refractivity contribution in [3.8, 4) is 0 Å². The summed E-state index contributed by atoms with van der Waals surface area (Å²) in [6.07, 6.45) is 6.34. The van der Waals surface area contributed by atoms with Crippen molar-refractivity contribution in [2.45, 2.75) is 25.3 Å². The van der Waals surface area contributed by atoms with Gasteiger partial charge in [-0.2, -0.15) is 0 Å². The summed E-state index contributed by atoms with van der Waals surface area (Å²) in [6, 6.07) is 4.05. The summed E-state index contributed by atoms with van der Waals surface area (Å²) in [5.74, 6) is 0.482. The van der Waals surface area contributed by atoms with E-state index < -0.39 is 0 Å². The van der Waals surface area contributed by atoms with Crippen LogP contribution in [0, 0.1) is 5.92 Å². The Morgan fingerprint density at radius 3 is 2.94 bits per heavy atom. The van der Waals surface area contributed by atoms with E-state index in [2.05, 4.69) is 21.2 Å². The van der Waals surface area contributed by atoms with E-state index in [1.807, 2.05) is 18.2 Å². The Bertz CT molecular complexity index is 440. The predicted molar refractivity (Wildman–Crippen MR) is 77.4 cm³/mol. The molecule has 1 aliphatic carbocycles. The van der Waals surface area contributed by atoms with E-state index in [-0.39, 0.29) is 18.6 Å². The lowest BCUT2D eigenvalue weighted by molar-refractivity contribution is -0.117. The van der Waals surface area contributed by atoms with Gasteiger partial charge in [-0.05, 0) is 59.3 Å². The first-order valence-electron chi connectivity index (χ1n) is 6.04. The third kappa shape index (κ3) is 4.23. The standard InChI is InChI=1S/C13H16BrNO2S/c14-12-5-3-10(18-12)4-6-13(17)15-11(7-8-16)9-1-2-9/h3-6,9,11,16H,1-2,7-8H2,(H,15,17)/b6-4+. The van der Waals surface area contributed by atoms with Crippen LogP contribution in [0.3, 0.4) is 0 Å². The summed E-state index contributed by atoms with van der Waals surface area (Å²) >= 11 is 4.97. The zero-order valence-electron chi connectivity index (χ0n) is 9.93. The Kier molecular flexibility index (Phi) is 4.97. The molecule has 0 radical (unpaired) electrons. The Morgan fingerprint density at radius 2 is 2.39 bits per heavy atom. The monoisotopic (exact) mass is 329 g/mol. The highest BCUT2D eigenvalue weighted by molar-refractivity contribution is 9.11. The van der Waals surface area contributed by atoms with Gasteiger partial charge in [0.1, 0.15) is 0 Å². The minimum atomic E-state index is -0.0788. The zero-order chi connectivity index (χ0) is 13.0. The van der Waals surface area contributed by atoms with E-state index in [4.69, 9.17) is 5.11 Å². The largest absolute Gasteiger partial charge is 0.396 e. The van der Waals surface area contributed by atoms with E-state index in [0.29, 0.717) is 12.3 Å². The van der Waals surface area contributed by atoms with Gasteiger partial charge in [-0.3, -0.25) is 4.79 Å². The summed E-state index contributed by atoms with van der Waals surface area (Å²) in [4.78, 5) is 12.8. The number of hydrogen-bond acceptors (Lipinski definition) is 3. The molecular weight excluding hydrogens is 314 g/mol. The molecule has 0 aliphatic heterocycles. The van der Waals surface area contributed by atoms with Crippen LogP contribution in [0.5, 0.6) is 0 Å². The molecule has 98 valence electrons. The van der Waals surface area contributed by atoms with Crippen molar-refractivity contribution in [3.63, 3.8) is 0 Å². The number of amides is 1. The molecule has 1 aromatic heterocycles. The second-order valence-corrected chi connectivity index (χ2v) is 6.93. The molecule has 1 amide bonds. The lowest BCUT2D eigenvalue weighted by Gasteiger charge is -2.15. The second-order valence-electron chi connectivity index (χ2n) is 4.44. The highest BCUT2D eigenvalue weighted by atomic mass is 79.9. The predicted octanol–water partition coefficient (Wildman–Crippen LogP) is 2.80. The number of hydrogen-bond donors (Lipinski definition) is 2. The molecule has 5 heteroatoms. The average Bonchev–Trinajstić information content (AvgIpc) is 3.10. The molecule has 0 aromatic carbocycles. The van der Waals surface area contributed by atoms with Crippen molar-refractivity contribution in [1.29, 1.82) is 0 Å². The van der Waals surface area contributed by atoms with Crippen molar-refractivity contribution < 1.29 is 9.90 Å². The number of halogens is 1. The highest BCUT2D eigenvalue weighted by Crippen LogP contribution is 2.33. The normalized spacial score (nSPS) is 17.0. The summed E-state index contributed by atoms with van der Waals surface area (Å²) in [5.41, 5.74) is 0. The maximum atomic E-state index is 11.8. The number of carbonyl (C=O) groups excluding carboxylic acids is 1. The summed E-state index contributed by atoms with van der Waals surface area (Å²) in [7, 11) is 0. The smallest absolute Gasteiger partial charge is 0.244 e. The van der Waals surface area contributed by atoms with Gasteiger partial charge in [-0.15, -0.1) is 11.3 Å². The van der Waals surface area contributed by atoms with Gasteiger partial charge >= 0.3 is 0 Å². The van der Waals surface area contributed by atoms with Gasteiger partial charge in [-0.1, -0.05) is 0 Å². The summed E-state index contributed by atoms with van der Waals surface area (Å²) in [6.45, 7) is 0.128. The maximum Gasteiger partial charge on any atom is 0.244 e. The Labute approximate surface area is 119 Å². The quantitative estimate of drug-likeness (QED) is 0.788. The number of nitrogens with one attached hydrogen (secondary N) is 1. The van der Waals surface area contributed by atoms with Crippen molar-refractivity contribution in [1.82, 2.24) is 5.32 Å². The van der Waals surface area contributed by atoms with Gasteiger partial charge in [0.25, 0.3) is 0 Å². The van der Waals surface area contributed by atoms with Crippen molar-refractivity contribution >= 4 is 39.2 Å². The molecule has 1 fully saturated rings. The Morgan fingerprint density at radius 1 is 1.61 bits per heavy atom. The highest BCUT2D eigenvalue weighted by Gasteiger charge is 2.31. The molecule has 2 rings (SSSR count). The lowest BCUT2D eigenvalue weighted by Crippen LogP contribution is -2.36. The summed E-state index contributed by atoms with van der Waals surface area (Å²) in [5, 5.41) is 11.9. The molecule has 0 bridgehead atoms. The first-order chi connectivity index (χ1) is 8.69. The molecule has 0 spiro atoms. The van der Waals surface area contributed by atoms with Crippen molar-refractivity contribution in [2.24, 2.45) is 5.92 Å². The minimum Gasteiger partial charge on any atom is -0.396 e. The number of thiophene rings is 1. The topological polar surface area (TPSA) is 49.3 Å². The number of aliphatic hydroxyl groups is 1. The van der Waals surface area contributed by atoms with Gasteiger partial charge in [0.05, 0.1) is 3.79 Å². The SMILES string of the molecule is O=C(/C=C/c1ccc(Br)s1)NC(CCO)C1CC1. The van der Waals surface area contributed by atoms with Gasteiger partial charge in [0.2, 0.25) is 5.91 Å². The number of rotatable bonds is 6. The minimum absolute atomic E-state index is 0.0788. The van der Waals surface area contributed by atoms with Crippen LogP contribution < -0.4 is 5.32 Å². The average molecular weight is 330 g/mol. The van der Waals surface area contributed by atoms with E-state index in [1.165, 1.54) is 0 Å². The maximum absolute atomic E-state index is 11.8. The van der Waals surface area contributed by atoms with Gasteiger partial charge in [-0.25, -0.2) is 0 Å². The Hall–Kier alpha value is -0.650. The fraction of sp³-hybridized carbons (Fsp3) is 0.462. The van der Waals surface area contributed by atoms with Gasteiger partial charge < -0.3 is 10.4 Å². The molecule has 3 nitrogen and oxygen atoms in total. The van der Waals surface area contributed by atoms with Crippen LogP contribution in [0.25, 0.3) is 6.08 Å². The van der Waals surface area contributed by atoms with Crippen LogP contribution in [0.4, 0.5) is 0 Å². The number of carbonyl (C=O) groups is 1. The number of aliphatic hydroxyl groups excluding tert-OH is 1. The molecule has 1 aromatic rings.